The summed E-state index contributed by atoms with van der Waals surface area (Å²) in [6.45, 7) is 2.83. The molecule has 2 nitrogen and oxygen atoms in total. The van der Waals surface area contributed by atoms with Crippen LogP contribution in [0.2, 0.25) is 10.0 Å². The van der Waals surface area contributed by atoms with Gasteiger partial charge in [0, 0.05) is 17.0 Å². The Labute approximate surface area is 125 Å². The quantitative estimate of drug-likeness (QED) is 0.706. The van der Waals surface area contributed by atoms with Crippen LogP contribution in [0.15, 0.2) is 18.2 Å². The van der Waals surface area contributed by atoms with Gasteiger partial charge in [-0.05, 0) is 43.5 Å². The molecule has 1 rings (SSSR count). The molecule has 0 spiro atoms. The molecule has 4 heteroatoms. The molecule has 0 aliphatic heterocycles. The predicted octanol–water partition coefficient (Wildman–Crippen LogP) is 4.72. The number of carbonyl (C=O) groups excluding carboxylic acids is 1. The Balaban J connectivity index is 2.61. The van der Waals surface area contributed by atoms with Crippen LogP contribution < -0.4 is 5.73 Å². The minimum absolute atomic E-state index is 0.0608. The van der Waals surface area contributed by atoms with E-state index in [1.165, 1.54) is 0 Å². The van der Waals surface area contributed by atoms with Crippen molar-refractivity contribution in [1.82, 2.24) is 0 Å². The van der Waals surface area contributed by atoms with Gasteiger partial charge in [-0.2, -0.15) is 0 Å². The average molecular weight is 302 g/mol. The summed E-state index contributed by atoms with van der Waals surface area (Å²) in [7, 11) is 0. The molecule has 0 amide bonds. The summed E-state index contributed by atoms with van der Waals surface area (Å²) in [6, 6.07) is 5.00. The molecule has 0 aliphatic rings. The van der Waals surface area contributed by atoms with Crippen LogP contribution in [0.25, 0.3) is 0 Å². The Morgan fingerprint density at radius 3 is 2.63 bits per heavy atom. The highest BCUT2D eigenvalue weighted by atomic mass is 35.5. The van der Waals surface area contributed by atoms with Gasteiger partial charge in [0.1, 0.15) is 0 Å². The third kappa shape index (κ3) is 5.52. The van der Waals surface area contributed by atoms with Crippen LogP contribution >= 0.6 is 23.2 Å². The minimum Gasteiger partial charge on any atom is -0.330 e. The van der Waals surface area contributed by atoms with E-state index in [4.69, 9.17) is 28.9 Å². The van der Waals surface area contributed by atoms with E-state index in [0.29, 0.717) is 34.5 Å². The molecule has 0 radical (unpaired) electrons. The molecule has 1 aromatic rings. The van der Waals surface area contributed by atoms with E-state index in [1.54, 1.807) is 18.2 Å². The second kappa shape index (κ2) is 8.57. The van der Waals surface area contributed by atoms with Gasteiger partial charge in [0.2, 0.25) is 0 Å². The van der Waals surface area contributed by atoms with Gasteiger partial charge < -0.3 is 5.73 Å². The Morgan fingerprint density at radius 2 is 2.00 bits per heavy atom. The summed E-state index contributed by atoms with van der Waals surface area (Å²) in [4.78, 5) is 12.2. The van der Waals surface area contributed by atoms with E-state index in [9.17, 15) is 4.79 Å². The number of benzene rings is 1. The lowest BCUT2D eigenvalue weighted by atomic mass is 9.92. The third-order valence-corrected chi connectivity index (χ3v) is 3.84. The second-order valence-electron chi connectivity index (χ2n) is 4.82. The molecule has 1 atom stereocenters. The van der Waals surface area contributed by atoms with E-state index in [1.807, 2.05) is 0 Å². The smallest absolute Gasteiger partial charge is 0.164 e. The van der Waals surface area contributed by atoms with Crippen molar-refractivity contribution in [2.75, 3.05) is 6.54 Å². The summed E-state index contributed by atoms with van der Waals surface area (Å²) < 4.78 is 0. The van der Waals surface area contributed by atoms with Crippen molar-refractivity contribution in [2.45, 2.75) is 39.0 Å². The van der Waals surface area contributed by atoms with E-state index in [0.717, 1.165) is 25.7 Å². The zero-order valence-electron chi connectivity index (χ0n) is 11.3. The molecule has 1 aromatic carbocycles. The summed E-state index contributed by atoms with van der Waals surface area (Å²) in [5.41, 5.74) is 6.12. The molecule has 0 aliphatic carbocycles. The van der Waals surface area contributed by atoms with Crippen LogP contribution in [0.1, 0.15) is 49.4 Å². The Kier molecular flexibility index (Phi) is 7.44. The van der Waals surface area contributed by atoms with Gasteiger partial charge in [-0.25, -0.2) is 0 Å². The van der Waals surface area contributed by atoms with Crippen molar-refractivity contribution in [3.63, 3.8) is 0 Å². The average Bonchev–Trinajstić information content (AvgIpc) is 2.39. The number of rotatable bonds is 8. The molecule has 0 aromatic heterocycles. The van der Waals surface area contributed by atoms with Crippen molar-refractivity contribution in [3.8, 4) is 0 Å². The lowest BCUT2D eigenvalue weighted by Crippen LogP contribution is -2.11. The number of hydrogen-bond donors (Lipinski definition) is 1. The van der Waals surface area contributed by atoms with Gasteiger partial charge in [-0.15, -0.1) is 0 Å². The molecule has 0 fully saturated rings. The van der Waals surface area contributed by atoms with Crippen molar-refractivity contribution < 1.29 is 4.79 Å². The first-order valence-corrected chi connectivity index (χ1v) is 7.52. The molecule has 0 saturated carbocycles. The van der Waals surface area contributed by atoms with E-state index < -0.39 is 0 Å². The van der Waals surface area contributed by atoms with Crippen LogP contribution in [0, 0.1) is 5.92 Å². The standard InChI is InChI=1S/C15H21Cl2NO/c1-2-3-11(8-9-18)4-7-15(19)13-10-12(16)5-6-14(13)17/h5-6,10-11H,2-4,7-9,18H2,1H3. The molecule has 1 unspecified atom stereocenters. The molecule has 0 bridgehead atoms. The summed E-state index contributed by atoms with van der Waals surface area (Å²) >= 11 is 11.9. The van der Waals surface area contributed by atoms with Crippen LogP contribution in [-0.4, -0.2) is 12.3 Å². The Morgan fingerprint density at radius 1 is 1.26 bits per heavy atom. The SMILES string of the molecule is CCCC(CCN)CCC(=O)c1cc(Cl)ccc1Cl. The fraction of sp³-hybridized carbons (Fsp3) is 0.533. The predicted molar refractivity (Wildman–Crippen MR) is 82.1 cm³/mol. The zero-order chi connectivity index (χ0) is 14.3. The molecule has 2 N–H and O–H groups in total. The molecule has 106 valence electrons. The fourth-order valence-electron chi connectivity index (χ4n) is 2.26. The Bertz CT molecular complexity index is 415. The van der Waals surface area contributed by atoms with E-state index in [-0.39, 0.29) is 5.78 Å². The highest BCUT2D eigenvalue weighted by molar-refractivity contribution is 6.35. The first-order chi connectivity index (χ1) is 9.08. The normalized spacial score (nSPS) is 12.4. The van der Waals surface area contributed by atoms with Crippen molar-refractivity contribution in [3.05, 3.63) is 33.8 Å². The largest absolute Gasteiger partial charge is 0.330 e. The first-order valence-electron chi connectivity index (χ1n) is 6.76. The number of carbonyl (C=O) groups is 1. The summed E-state index contributed by atoms with van der Waals surface area (Å²) in [5.74, 6) is 0.586. The maximum absolute atomic E-state index is 12.2. The minimum atomic E-state index is 0.0608. The van der Waals surface area contributed by atoms with Crippen LogP contribution in [0.4, 0.5) is 0 Å². The zero-order valence-corrected chi connectivity index (χ0v) is 12.8. The van der Waals surface area contributed by atoms with Crippen LogP contribution in [0.5, 0.6) is 0 Å². The van der Waals surface area contributed by atoms with Gasteiger partial charge >= 0.3 is 0 Å². The number of hydrogen-bond acceptors (Lipinski definition) is 2. The number of halogens is 2. The highest BCUT2D eigenvalue weighted by Gasteiger charge is 2.14. The lowest BCUT2D eigenvalue weighted by Gasteiger charge is -2.14. The summed E-state index contributed by atoms with van der Waals surface area (Å²) in [5, 5.41) is 1.01. The van der Waals surface area contributed by atoms with Gasteiger partial charge in [-0.1, -0.05) is 43.0 Å². The molecular formula is C15H21Cl2NO. The topological polar surface area (TPSA) is 43.1 Å². The fourth-order valence-corrected chi connectivity index (χ4v) is 2.65. The number of Topliss-reactive ketones (excluding diaryl/α,β-unsaturated/α-hetero) is 1. The maximum Gasteiger partial charge on any atom is 0.164 e. The van der Waals surface area contributed by atoms with Crippen molar-refractivity contribution >= 4 is 29.0 Å². The lowest BCUT2D eigenvalue weighted by molar-refractivity contribution is 0.0972. The molecule has 0 saturated heterocycles. The highest BCUT2D eigenvalue weighted by Crippen LogP contribution is 2.24. The maximum atomic E-state index is 12.2. The van der Waals surface area contributed by atoms with E-state index in [2.05, 4.69) is 6.92 Å². The van der Waals surface area contributed by atoms with Crippen LogP contribution in [0.3, 0.4) is 0 Å². The first kappa shape index (κ1) is 16.5. The van der Waals surface area contributed by atoms with Crippen LogP contribution in [-0.2, 0) is 0 Å². The van der Waals surface area contributed by atoms with Gasteiger partial charge in [-0.3, -0.25) is 4.79 Å². The molecule has 0 heterocycles. The summed E-state index contributed by atoms with van der Waals surface area (Å²) in [6.07, 6.45) is 4.59. The van der Waals surface area contributed by atoms with E-state index >= 15 is 0 Å². The second-order valence-corrected chi connectivity index (χ2v) is 5.66. The van der Waals surface area contributed by atoms with Crippen molar-refractivity contribution in [1.29, 1.82) is 0 Å². The Hall–Kier alpha value is -0.570. The number of ketones is 1. The van der Waals surface area contributed by atoms with Gasteiger partial charge in [0.05, 0.1) is 5.02 Å². The van der Waals surface area contributed by atoms with Gasteiger partial charge in [0.15, 0.2) is 5.78 Å². The number of nitrogens with two attached hydrogens (primary N) is 1. The third-order valence-electron chi connectivity index (χ3n) is 3.28. The van der Waals surface area contributed by atoms with Crippen molar-refractivity contribution in [2.24, 2.45) is 11.7 Å². The molecular weight excluding hydrogens is 281 g/mol. The molecule has 19 heavy (non-hydrogen) atoms. The monoisotopic (exact) mass is 301 g/mol. The van der Waals surface area contributed by atoms with Gasteiger partial charge in [0.25, 0.3) is 0 Å².